The standard InChI is InChI=1S/C10H8N2O3/c1-7-4-8(10-5-11-6-15-10)2-3-9(7)12(13)14/h2-6H,1H3. The van der Waals surface area contributed by atoms with Crippen LogP contribution in [0, 0.1) is 17.0 Å². The Kier molecular flexibility index (Phi) is 2.21. The van der Waals surface area contributed by atoms with Gasteiger partial charge in [0.1, 0.15) is 0 Å². The van der Waals surface area contributed by atoms with Crippen molar-refractivity contribution in [1.82, 2.24) is 4.98 Å². The summed E-state index contributed by atoms with van der Waals surface area (Å²) in [6, 6.07) is 4.82. The molecule has 2 aromatic rings. The summed E-state index contributed by atoms with van der Waals surface area (Å²) < 4.78 is 5.09. The summed E-state index contributed by atoms with van der Waals surface area (Å²) in [5.41, 5.74) is 1.50. The summed E-state index contributed by atoms with van der Waals surface area (Å²) in [4.78, 5) is 14.0. The number of hydrogen-bond acceptors (Lipinski definition) is 4. The third-order valence-electron chi connectivity index (χ3n) is 2.11. The van der Waals surface area contributed by atoms with Gasteiger partial charge in [0, 0.05) is 17.2 Å². The van der Waals surface area contributed by atoms with Gasteiger partial charge < -0.3 is 4.42 Å². The highest BCUT2D eigenvalue weighted by Crippen LogP contribution is 2.25. The lowest BCUT2D eigenvalue weighted by Crippen LogP contribution is -1.91. The SMILES string of the molecule is Cc1cc(-c2cnco2)ccc1[N+](=O)[O-]. The summed E-state index contributed by atoms with van der Waals surface area (Å²) in [7, 11) is 0. The fourth-order valence-corrected chi connectivity index (χ4v) is 1.37. The van der Waals surface area contributed by atoms with E-state index in [-0.39, 0.29) is 5.69 Å². The lowest BCUT2D eigenvalue weighted by molar-refractivity contribution is -0.385. The molecule has 0 radical (unpaired) electrons. The highest BCUT2D eigenvalue weighted by atomic mass is 16.6. The number of nitro benzene ring substituents is 1. The summed E-state index contributed by atoms with van der Waals surface area (Å²) >= 11 is 0. The predicted molar refractivity (Wildman–Crippen MR) is 53.3 cm³/mol. The van der Waals surface area contributed by atoms with Crippen LogP contribution in [0.4, 0.5) is 5.69 Å². The largest absolute Gasteiger partial charge is 0.444 e. The lowest BCUT2D eigenvalue weighted by atomic mass is 10.1. The average Bonchev–Trinajstić information content (AvgIpc) is 2.69. The number of hydrogen-bond donors (Lipinski definition) is 0. The van der Waals surface area contributed by atoms with Gasteiger partial charge in [-0.2, -0.15) is 0 Å². The molecular formula is C10H8N2O3. The van der Waals surface area contributed by atoms with Gasteiger partial charge in [-0.1, -0.05) is 0 Å². The predicted octanol–water partition coefficient (Wildman–Crippen LogP) is 2.56. The molecule has 0 aliphatic heterocycles. The van der Waals surface area contributed by atoms with Gasteiger partial charge in [0.25, 0.3) is 5.69 Å². The quantitative estimate of drug-likeness (QED) is 0.556. The van der Waals surface area contributed by atoms with Crippen LogP contribution in [0.25, 0.3) is 11.3 Å². The van der Waals surface area contributed by atoms with E-state index in [1.165, 1.54) is 12.5 Å². The van der Waals surface area contributed by atoms with Gasteiger partial charge in [-0.25, -0.2) is 4.98 Å². The molecule has 5 nitrogen and oxygen atoms in total. The first kappa shape index (κ1) is 9.39. The Labute approximate surface area is 85.5 Å². The zero-order valence-corrected chi connectivity index (χ0v) is 8.01. The molecule has 0 atom stereocenters. The van der Waals surface area contributed by atoms with Crippen molar-refractivity contribution in [2.24, 2.45) is 0 Å². The molecule has 0 amide bonds. The number of aryl methyl sites for hydroxylation is 1. The van der Waals surface area contributed by atoms with Crippen LogP contribution in [0.5, 0.6) is 0 Å². The van der Waals surface area contributed by atoms with Gasteiger partial charge in [-0.3, -0.25) is 10.1 Å². The second-order valence-electron chi connectivity index (χ2n) is 3.12. The van der Waals surface area contributed by atoms with Crippen LogP contribution in [-0.4, -0.2) is 9.91 Å². The highest BCUT2D eigenvalue weighted by molar-refractivity contribution is 5.60. The first-order chi connectivity index (χ1) is 7.18. The summed E-state index contributed by atoms with van der Waals surface area (Å²) in [6.45, 7) is 1.69. The maximum Gasteiger partial charge on any atom is 0.272 e. The van der Waals surface area contributed by atoms with E-state index in [4.69, 9.17) is 4.42 Å². The number of oxazole rings is 1. The van der Waals surface area contributed by atoms with Crippen molar-refractivity contribution in [3.8, 4) is 11.3 Å². The lowest BCUT2D eigenvalue weighted by Gasteiger charge is -1.99. The van der Waals surface area contributed by atoms with Gasteiger partial charge in [-0.05, 0) is 19.1 Å². The average molecular weight is 204 g/mol. The van der Waals surface area contributed by atoms with Crippen molar-refractivity contribution in [1.29, 1.82) is 0 Å². The zero-order valence-electron chi connectivity index (χ0n) is 8.01. The topological polar surface area (TPSA) is 69.2 Å². The fourth-order valence-electron chi connectivity index (χ4n) is 1.37. The van der Waals surface area contributed by atoms with Crippen LogP contribution >= 0.6 is 0 Å². The molecule has 5 heteroatoms. The van der Waals surface area contributed by atoms with Crippen LogP contribution < -0.4 is 0 Å². The van der Waals surface area contributed by atoms with Gasteiger partial charge in [0.05, 0.1) is 11.1 Å². The molecule has 0 N–H and O–H groups in total. The minimum absolute atomic E-state index is 0.110. The number of aromatic nitrogens is 1. The number of nitrogens with zero attached hydrogens (tertiary/aromatic N) is 2. The van der Waals surface area contributed by atoms with Crippen LogP contribution in [0.1, 0.15) is 5.56 Å². The molecule has 0 bridgehead atoms. The first-order valence-electron chi connectivity index (χ1n) is 4.32. The Bertz CT molecular complexity index is 491. The van der Waals surface area contributed by atoms with Gasteiger partial charge in [-0.15, -0.1) is 0 Å². The van der Waals surface area contributed by atoms with Crippen LogP contribution in [0.15, 0.2) is 35.2 Å². The molecule has 0 fully saturated rings. The van der Waals surface area contributed by atoms with Crippen LogP contribution in [0.2, 0.25) is 0 Å². The Morgan fingerprint density at radius 2 is 2.27 bits per heavy atom. The molecule has 2 rings (SSSR count). The molecule has 0 unspecified atom stereocenters. The Morgan fingerprint density at radius 1 is 1.47 bits per heavy atom. The summed E-state index contributed by atoms with van der Waals surface area (Å²) in [5, 5.41) is 10.6. The van der Waals surface area contributed by atoms with Crippen molar-refractivity contribution in [3.63, 3.8) is 0 Å². The van der Waals surface area contributed by atoms with E-state index >= 15 is 0 Å². The highest BCUT2D eigenvalue weighted by Gasteiger charge is 2.11. The van der Waals surface area contributed by atoms with E-state index in [0.717, 1.165) is 5.56 Å². The second-order valence-corrected chi connectivity index (χ2v) is 3.12. The second kappa shape index (κ2) is 3.53. The fraction of sp³-hybridized carbons (Fsp3) is 0.100. The summed E-state index contributed by atoms with van der Waals surface area (Å²) in [6.07, 6.45) is 2.90. The van der Waals surface area contributed by atoms with Gasteiger partial charge in [0.2, 0.25) is 0 Å². The van der Waals surface area contributed by atoms with E-state index in [1.54, 1.807) is 25.3 Å². The van der Waals surface area contributed by atoms with Gasteiger partial charge in [0.15, 0.2) is 12.2 Å². The summed E-state index contributed by atoms with van der Waals surface area (Å²) in [5.74, 6) is 0.605. The number of nitro groups is 1. The molecular weight excluding hydrogens is 196 g/mol. The Morgan fingerprint density at radius 3 is 2.80 bits per heavy atom. The van der Waals surface area contributed by atoms with Crippen LogP contribution in [0.3, 0.4) is 0 Å². The molecule has 0 saturated heterocycles. The molecule has 0 spiro atoms. The van der Waals surface area contributed by atoms with Gasteiger partial charge >= 0.3 is 0 Å². The molecule has 0 aliphatic carbocycles. The van der Waals surface area contributed by atoms with E-state index in [0.29, 0.717) is 11.3 Å². The van der Waals surface area contributed by atoms with Crippen molar-refractivity contribution < 1.29 is 9.34 Å². The minimum atomic E-state index is -0.403. The van der Waals surface area contributed by atoms with E-state index in [2.05, 4.69) is 4.98 Å². The Balaban J connectivity index is 2.47. The number of benzene rings is 1. The first-order valence-corrected chi connectivity index (χ1v) is 4.32. The zero-order chi connectivity index (χ0) is 10.8. The normalized spacial score (nSPS) is 10.2. The molecule has 0 saturated carbocycles. The van der Waals surface area contributed by atoms with Crippen molar-refractivity contribution in [3.05, 3.63) is 46.5 Å². The van der Waals surface area contributed by atoms with E-state index < -0.39 is 4.92 Å². The third kappa shape index (κ3) is 1.71. The molecule has 1 aromatic carbocycles. The molecule has 1 aromatic heterocycles. The molecule has 15 heavy (non-hydrogen) atoms. The van der Waals surface area contributed by atoms with Crippen LogP contribution in [-0.2, 0) is 0 Å². The van der Waals surface area contributed by atoms with Crippen molar-refractivity contribution in [2.45, 2.75) is 6.92 Å². The number of rotatable bonds is 2. The maximum atomic E-state index is 10.6. The third-order valence-corrected chi connectivity index (χ3v) is 2.11. The molecule has 1 heterocycles. The Hall–Kier alpha value is -2.17. The molecule has 0 aliphatic rings. The maximum absolute atomic E-state index is 10.6. The monoisotopic (exact) mass is 204 g/mol. The van der Waals surface area contributed by atoms with Crippen molar-refractivity contribution in [2.75, 3.05) is 0 Å². The van der Waals surface area contributed by atoms with Crippen molar-refractivity contribution >= 4 is 5.69 Å². The smallest absolute Gasteiger partial charge is 0.272 e. The minimum Gasteiger partial charge on any atom is -0.444 e. The van der Waals surface area contributed by atoms with E-state index in [1.807, 2.05) is 0 Å². The molecule has 76 valence electrons. The van der Waals surface area contributed by atoms with E-state index in [9.17, 15) is 10.1 Å².